The van der Waals surface area contributed by atoms with Gasteiger partial charge in [-0.05, 0) is 53.4 Å². The van der Waals surface area contributed by atoms with Crippen molar-refractivity contribution in [3.8, 4) is 0 Å². The highest BCUT2D eigenvalue weighted by Gasteiger charge is 2.09. The lowest BCUT2D eigenvalue weighted by Crippen LogP contribution is -2.21. The van der Waals surface area contributed by atoms with E-state index in [4.69, 9.17) is 4.74 Å². The number of thioether (sulfide) groups is 2. The molecule has 0 radical (unpaired) electrons. The molecular formula is C21H19NO3S2. The molecule has 138 valence electrons. The van der Waals surface area contributed by atoms with Crippen molar-refractivity contribution in [2.45, 2.75) is 9.79 Å². The molecule has 1 amide bonds. The average molecular weight is 398 g/mol. The van der Waals surface area contributed by atoms with Crippen LogP contribution >= 0.6 is 23.5 Å². The van der Waals surface area contributed by atoms with Crippen molar-refractivity contribution in [3.05, 3.63) is 66.7 Å². The quantitative estimate of drug-likeness (QED) is 0.457. The highest BCUT2D eigenvalue weighted by atomic mass is 32.2. The monoisotopic (exact) mass is 397 g/mol. The predicted molar refractivity (Wildman–Crippen MR) is 112 cm³/mol. The van der Waals surface area contributed by atoms with Crippen LogP contribution in [-0.2, 0) is 14.3 Å². The van der Waals surface area contributed by atoms with E-state index in [1.165, 1.54) is 11.8 Å². The SMILES string of the molecule is CSc1ccc(NC(=O)COC(=O)CSc2ccc3ccccc3c2)cc1. The van der Waals surface area contributed by atoms with E-state index in [2.05, 4.69) is 5.32 Å². The number of benzene rings is 3. The molecule has 0 aromatic heterocycles. The van der Waals surface area contributed by atoms with Crippen LogP contribution in [0.4, 0.5) is 5.69 Å². The number of fused-ring (bicyclic) bond motifs is 1. The third kappa shape index (κ3) is 5.77. The van der Waals surface area contributed by atoms with Crippen LogP contribution in [0.2, 0.25) is 0 Å². The number of anilines is 1. The Balaban J connectivity index is 1.43. The van der Waals surface area contributed by atoms with E-state index in [-0.39, 0.29) is 18.3 Å². The topological polar surface area (TPSA) is 55.4 Å². The molecule has 4 nitrogen and oxygen atoms in total. The lowest BCUT2D eigenvalue weighted by Gasteiger charge is -2.07. The summed E-state index contributed by atoms with van der Waals surface area (Å²) < 4.78 is 5.05. The van der Waals surface area contributed by atoms with Crippen LogP contribution in [0.5, 0.6) is 0 Å². The zero-order chi connectivity index (χ0) is 19.1. The second-order valence-electron chi connectivity index (χ2n) is 5.73. The smallest absolute Gasteiger partial charge is 0.316 e. The zero-order valence-electron chi connectivity index (χ0n) is 14.8. The van der Waals surface area contributed by atoms with Gasteiger partial charge in [-0.2, -0.15) is 0 Å². The number of nitrogens with one attached hydrogen (secondary N) is 1. The molecule has 6 heteroatoms. The third-order valence-electron chi connectivity index (χ3n) is 3.82. The Morgan fingerprint density at radius 3 is 2.37 bits per heavy atom. The first kappa shape index (κ1) is 19.3. The van der Waals surface area contributed by atoms with Gasteiger partial charge in [-0.25, -0.2) is 0 Å². The molecule has 0 atom stereocenters. The number of rotatable bonds is 7. The molecule has 3 rings (SSSR count). The van der Waals surface area contributed by atoms with Crippen molar-refractivity contribution in [1.82, 2.24) is 0 Å². The van der Waals surface area contributed by atoms with Crippen LogP contribution in [-0.4, -0.2) is 30.5 Å². The lowest BCUT2D eigenvalue weighted by molar-refractivity contribution is -0.144. The number of ether oxygens (including phenoxy) is 1. The predicted octanol–water partition coefficient (Wildman–Crippen LogP) is 4.84. The van der Waals surface area contributed by atoms with E-state index < -0.39 is 5.97 Å². The Labute approximate surface area is 166 Å². The molecule has 3 aromatic rings. The summed E-state index contributed by atoms with van der Waals surface area (Å²) in [6, 6.07) is 21.6. The zero-order valence-corrected chi connectivity index (χ0v) is 16.4. The van der Waals surface area contributed by atoms with Crippen LogP contribution in [0.15, 0.2) is 76.5 Å². The lowest BCUT2D eigenvalue weighted by atomic mass is 10.1. The van der Waals surface area contributed by atoms with Crippen molar-refractivity contribution < 1.29 is 14.3 Å². The van der Waals surface area contributed by atoms with Gasteiger partial charge in [0.25, 0.3) is 5.91 Å². The van der Waals surface area contributed by atoms with Crippen molar-refractivity contribution in [3.63, 3.8) is 0 Å². The summed E-state index contributed by atoms with van der Waals surface area (Å²) in [5.74, 6) is -0.606. The molecule has 0 spiro atoms. The van der Waals surface area contributed by atoms with Gasteiger partial charge in [-0.3, -0.25) is 9.59 Å². The highest BCUT2D eigenvalue weighted by molar-refractivity contribution is 8.00. The summed E-state index contributed by atoms with van der Waals surface area (Å²) in [5.41, 5.74) is 0.680. The Morgan fingerprint density at radius 1 is 0.926 bits per heavy atom. The number of hydrogen-bond donors (Lipinski definition) is 1. The molecule has 0 saturated heterocycles. The van der Waals surface area contributed by atoms with Gasteiger partial charge in [0, 0.05) is 15.5 Å². The van der Waals surface area contributed by atoms with Crippen molar-refractivity contribution in [2.75, 3.05) is 23.9 Å². The summed E-state index contributed by atoms with van der Waals surface area (Å²) in [4.78, 5) is 25.9. The minimum absolute atomic E-state index is 0.161. The number of hydrogen-bond acceptors (Lipinski definition) is 5. The minimum Gasteiger partial charge on any atom is -0.455 e. The van der Waals surface area contributed by atoms with Crippen molar-refractivity contribution in [1.29, 1.82) is 0 Å². The second-order valence-corrected chi connectivity index (χ2v) is 7.66. The van der Waals surface area contributed by atoms with Gasteiger partial charge >= 0.3 is 5.97 Å². The van der Waals surface area contributed by atoms with Gasteiger partial charge in [0.1, 0.15) is 0 Å². The summed E-state index contributed by atoms with van der Waals surface area (Å²) in [5, 5.41) is 5.00. The molecule has 0 fully saturated rings. The molecule has 0 unspecified atom stereocenters. The summed E-state index contributed by atoms with van der Waals surface area (Å²) in [6.07, 6.45) is 1.99. The van der Waals surface area contributed by atoms with Crippen LogP contribution in [0.25, 0.3) is 10.8 Å². The molecule has 0 bridgehead atoms. The maximum atomic E-state index is 11.9. The van der Waals surface area contributed by atoms with Crippen LogP contribution in [0.3, 0.4) is 0 Å². The normalized spacial score (nSPS) is 10.6. The first-order valence-electron chi connectivity index (χ1n) is 8.35. The fraction of sp³-hybridized carbons (Fsp3) is 0.143. The Bertz CT molecular complexity index is 942. The molecule has 0 saturated carbocycles. The first-order valence-corrected chi connectivity index (χ1v) is 10.6. The van der Waals surface area contributed by atoms with Gasteiger partial charge in [0.2, 0.25) is 0 Å². The number of carbonyl (C=O) groups is 2. The molecule has 0 heterocycles. The molecule has 27 heavy (non-hydrogen) atoms. The molecule has 0 aliphatic carbocycles. The van der Waals surface area contributed by atoms with Gasteiger partial charge in [-0.15, -0.1) is 23.5 Å². The van der Waals surface area contributed by atoms with E-state index in [0.717, 1.165) is 20.6 Å². The minimum atomic E-state index is -0.416. The van der Waals surface area contributed by atoms with E-state index in [1.54, 1.807) is 11.8 Å². The number of esters is 1. The van der Waals surface area contributed by atoms with Gasteiger partial charge in [-0.1, -0.05) is 30.3 Å². The van der Waals surface area contributed by atoms with Crippen LogP contribution in [0, 0.1) is 0 Å². The van der Waals surface area contributed by atoms with Gasteiger partial charge in [0.05, 0.1) is 5.75 Å². The Hall–Kier alpha value is -2.44. The highest BCUT2D eigenvalue weighted by Crippen LogP contribution is 2.23. The van der Waals surface area contributed by atoms with Crippen LogP contribution in [0.1, 0.15) is 0 Å². The largest absolute Gasteiger partial charge is 0.455 e. The van der Waals surface area contributed by atoms with E-state index in [0.29, 0.717) is 5.69 Å². The van der Waals surface area contributed by atoms with Gasteiger partial charge < -0.3 is 10.1 Å². The fourth-order valence-electron chi connectivity index (χ4n) is 2.46. The fourth-order valence-corrected chi connectivity index (χ4v) is 3.61. The van der Waals surface area contributed by atoms with Crippen molar-refractivity contribution in [2.24, 2.45) is 0 Å². The Morgan fingerprint density at radius 2 is 1.63 bits per heavy atom. The summed E-state index contributed by atoms with van der Waals surface area (Å²) in [7, 11) is 0. The molecule has 0 aliphatic rings. The van der Waals surface area contributed by atoms with Crippen LogP contribution < -0.4 is 5.32 Å². The van der Waals surface area contributed by atoms with E-state index >= 15 is 0 Å². The molecule has 3 aromatic carbocycles. The standard InChI is InChI=1S/C21H19NO3S2/c1-26-18-10-7-17(8-11-18)22-20(23)13-25-21(24)14-27-19-9-6-15-4-2-3-5-16(15)12-19/h2-12H,13-14H2,1H3,(H,22,23). The number of amides is 1. The number of carbonyl (C=O) groups excluding carboxylic acids is 2. The molecule has 1 N–H and O–H groups in total. The maximum Gasteiger partial charge on any atom is 0.316 e. The molecular weight excluding hydrogens is 378 g/mol. The molecule has 0 aliphatic heterocycles. The van der Waals surface area contributed by atoms with E-state index in [9.17, 15) is 9.59 Å². The second kappa shape index (κ2) is 9.48. The maximum absolute atomic E-state index is 11.9. The van der Waals surface area contributed by atoms with Gasteiger partial charge in [0.15, 0.2) is 6.61 Å². The Kier molecular flexibility index (Phi) is 6.79. The average Bonchev–Trinajstić information content (AvgIpc) is 2.71. The summed E-state index contributed by atoms with van der Waals surface area (Å²) >= 11 is 3.02. The first-order chi connectivity index (χ1) is 13.1. The van der Waals surface area contributed by atoms with E-state index in [1.807, 2.05) is 73.0 Å². The summed E-state index contributed by atoms with van der Waals surface area (Å²) in [6.45, 7) is -0.290. The third-order valence-corrected chi connectivity index (χ3v) is 5.53. The van der Waals surface area contributed by atoms with Crippen molar-refractivity contribution >= 4 is 51.9 Å².